The van der Waals surface area contributed by atoms with Crippen LogP contribution in [-0.4, -0.2) is 22.3 Å². The Morgan fingerprint density at radius 3 is 2.32 bits per heavy atom. The number of hydrogen-bond acceptors (Lipinski definition) is 2. The van der Waals surface area contributed by atoms with Gasteiger partial charge in [0, 0.05) is 6.42 Å². The first-order valence-electron chi connectivity index (χ1n) is 9.70. The van der Waals surface area contributed by atoms with Gasteiger partial charge in [0.15, 0.2) is 0 Å². The highest BCUT2D eigenvalue weighted by molar-refractivity contribution is 5.66. The molecule has 0 aliphatic carbocycles. The fourth-order valence-corrected chi connectivity index (χ4v) is 2.30. The van der Waals surface area contributed by atoms with E-state index in [9.17, 15) is 9.90 Å². The number of carboxylic acids is 1. The smallest absolute Gasteiger partial charge is 0.303 e. The summed E-state index contributed by atoms with van der Waals surface area (Å²) < 4.78 is 0. The van der Waals surface area contributed by atoms with Gasteiger partial charge in [-0.05, 0) is 44.9 Å². The zero-order valence-electron chi connectivity index (χ0n) is 15.8. The third-order valence-electron chi connectivity index (χ3n) is 3.80. The topological polar surface area (TPSA) is 57.5 Å². The van der Waals surface area contributed by atoms with Crippen molar-refractivity contribution < 1.29 is 15.0 Å². The summed E-state index contributed by atoms with van der Waals surface area (Å²) in [5.74, 6) is -0.720. The lowest BCUT2D eigenvalue weighted by molar-refractivity contribution is -0.137. The van der Waals surface area contributed by atoms with E-state index in [2.05, 4.69) is 31.2 Å². The lowest BCUT2D eigenvalue weighted by atomic mass is 10.1. The van der Waals surface area contributed by atoms with Crippen LogP contribution in [0.25, 0.3) is 0 Å². The first kappa shape index (κ1) is 23.4. The molecule has 0 aromatic heterocycles. The Morgan fingerprint density at radius 1 is 0.880 bits per heavy atom. The second kappa shape index (κ2) is 18.7. The summed E-state index contributed by atoms with van der Waals surface area (Å²) in [6, 6.07) is 0. The van der Waals surface area contributed by atoms with E-state index in [1.807, 2.05) is 18.2 Å². The Balaban J connectivity index is 3.58. The molecule has 1 atom stereocenters. The van der Waals surface area contributed by atoms with Crippen molar-refractivity contribution >= 4 is 5.97 Å². The summed E-state index contributed by atoms with van der Waals surface area (Å²) >= 11 is 0. The van der Waals surface area contributed by atoms with Crippen LogP contribution in [0.1, 0.15) is 77.6 Å². The number of aliphatic hydroxyl groups is 1. The molecule has 0 radical (unpaired) electrons. The van der Waals surface area contributed by atoms with Crippen molar-refractivity contribution in [2.75, 3.05) is 0 Å². The fraction of sp³-hybridized carbons (Fsp3) is 0.591. The van der Waals surface area contributed by atoms with Gasteiger partial charge < -0.3 is 10.2 Å². The van der Waals surface area contributed by atoms with E-state index in [4.69, 9.17) is 5.11 Å². The molecule has 0 heterocycles. The summed E-state index contributed by atoms with van der Waals surface area (Å²) in [6.45, 7) is 2.22. The molecule has 0 aromatic rings. The zero-order chi connectivity index (χ0) is 18.6. The van der Waals surface area contributed by atoms with E-state index >= 15 is 0 Å². The zero-order valence-corrected chi connectivity index (χ0v) is 15.8. The van der Waals surface area contributed by atoms with Gasteiger partial charge in [0.25, 0.3) is 0 Å². The SMILES string of the molecule is CCCCC/C=C\C/C=C\C=C\C(O)C/C=C\CCCCCC(=O)O. The summed E-state index contributed by atoms with van der Waals surface area (Å²) in [7, 11) is 0. The molecule has 0 bridgehead atoms. The van der Waals surface area contributed by atoms with Crippen molar-refractivity contribution in [3.8, 4) is 0 Å². The van der Waals surface area contributed by atoms with Crippen molar-refractivity contribution in [2.45, 2.75) is 83.7 Å². The van der Waals surface area contributed by atoms with Crippen molar-refractivity contribution in [1.29, 1.82) is 0 Å². The largest absolute Gasteiger partial charge is 0.481 e. The maximum Gasteiger partial charge on any atom is 0.303 e. The van der Waals surface area contributed by atoms with Crippen LogP contribution in [0.2, 0.25) is 0 Å². The van der Waals surface area contributed by atoms with E-state index in [0.717, 1.165) is 32.1 Å². The monoisotopic (exact) mass is 348 g/mol. The molecule has 0 spiro atoms. The predicted octanol–water partition coefficient (Wildman–Crippen LogP) is 5.97. The standard InChI is InChI=1S/C22H36O3/c1-2-3-4-5-6-7-8-9-12-15-18-21(23)19-16-13-10-11-14-17-20-22(24)25/h6-7,9,12-13,15-16,18,21,23H,2-5,8,10-11,14,17,19-20H2,1H3,(H,24,25)/b7-6-,12-9-,16-13-,18-15+. The molecule has 25 heavy (non-hydrogen) atoms. The molecular formula is C22H36O3. The number of carboxylic acid groups (broad SMARTS) is 1. The Hall–Kier alpha value is -1.61. The number of allylic oxidation sites excluding steroid dienone is 6. The molecule has 142 valence electrons. The number of hydrogen-bond donors (Lipinski definition) is 2. The Kier molecular flexibility index (Phi) is 17.5. The second-order valence-electron chi connectivity index (χ2n) is 6.28. The third kappa shape index (κ3) is 20.3. The van der Waals surface area contributed by atoms with Crippen LogP contribution >= 0.6 is 0 Å². The molecule has 0 aliphatic heterocycles. The van der Waals surface area contributed by atoms with Gasteiger partial charge in [-0.15, -0.1) is 0 Å². The summed E-state index contributed by atoms with van der Waals surface area (Å²) in [4.78, 5) is 10.4. The second-order valence-corrected chi connectivity index (χ2v) is 6.28. The lowest BCUT2D eigenvalue weighted by Crippen LogP contribution is -1.98. The van der Waals surface area contributed by atoms with Gasteiger partial charge in [-0.1, -0.05) is 74.8 Å². The molecule has 3 nitrogen and oxygen atoms in total. The molecule has 0 saturated carbocycles. The minimum absolute atomic E-state index is 0.259. The lowest BCUT2D eigenvalue weighted by Gasteiger charge is -1.99. The van der Waals surface area contributed by atoms with Gasteiger partial charge in [0.2, 0.25) is 0 Å². The van der Waals surface area contributed by atoms with E-state index in [1.54, 1.807) is 6.08 Å². The predicted molar refractivity (Wildman–Crippen MR) is 107 cm³/mol. The van der Waals surface area contributed by atoms with E-state index in [1.165, 1.54) is 25.7 Å². The number of aliphatic hydroxyl groups excluding tert-OH is 1. The summed E-state index contributed by atoms with van der Waals surface area (Å²) in [5.41, 5.74) is 0. The Labute approximate surface area is 153 Å². The molecule has 0 saturated heterocycles. The van der Waals surface area contributed by atoms with Crippen LogP contribution in [0, 0.1) is 0 Å². The van der Waals surface area contributed by atoms with E-state index in [0.29, 0.717) is 6.42 Å². The molecule has 2 N–H and O–H groups in total. The van der Waals surface area contributed by atoms with Gasteiger partial charge in [-0.3, -0.25) is 4.79 Å². The van der Waals surface area contributed by atoms with Crippen LogP contribution < -0.4 is 0 Å². The molecule has 0 fully saturated rings. The highest BCUT2D eigenvalue weighted by atomic mass is 16.4. The quantitative estimate of drug-likeness (QED) is 0.205. The summed E-state index contributed by atoms with van der Waals surface area (Å²) in [5, 5.41) is 18.4. The van der Waals surface area contributed by atoms with E-state index in [-0.39, 0.29) is 6.42 Å². The van der Waals surface area contributed by atoms with Gasteiger partial charge >= 0.3 is 5.97 Å². The minimum atomic E-state index is -0.720. The average molecular weight is 349 g/mol. The Morgan fingerprint density at radius 2 is 1.60 bits per heavy atom. The van der Waals surface area contributed by atoms with Crippen LogP contribution in [0.5, 0.6) is 0 Å². The highest BCUT2D eigenvalue weighted by Crippen LogP contribution is 2.05. The number of rotatable bonds is 16. The number of carbonyl (C=O) groups is 1. The van der Waals surface area contributed by atoms with Crippen molar-refractivity contribution in [2.24, 2.45) is 0 Å². The molecule has 0 aliphatic rings. The van der Waals surface area contributed by atoms with Gasteiger partial charge in [0.05, 0.1) is 6.10 Å². The normalized spacial score (nSPS) is 13.7. The minimum Gasteiger partial charge on any atom is -0.481 e. The highest BCUT2D eigenvalue weighted by Gasteiger charge is 1.96. The maximum atomic E-state index is 10.4. The van der Waals surface area contributed by atoms with Crippen LogP contribution in [0.4, 0.5) is 0 Å². The van der Waals surface area contributed by atoms with Crippen LogP contribution in [-0.2, 0) is 4.79 Å². The number of unbranched alkanes of at least 4 members (excludes halogenated alkanes) is 6. The molecule has 0 aromatic carbocycles. The van der Waals surface area contributed by atoms with Crippen molar-refractivity contribution in [3.05, 3.63) is 48.6 Å². The van der Waals surface area contributed by atoms with Crippen molar-refractivity contribution in [1.82, 2.24) is 0 Å². The average Bonchev–Trinajstić information content (AvgIpc) is 2.58. The first-order chi connectivity index (χ1) is 12.2. The molecule has 0 rings (SSSR count). The maximum absolute atomic E-state index is 10.4. The molecule has 1 unspecified atom stereocenters. The first-order valence-corrected chi connectivity index (χ1v) is 9.70. The molecule has 3 heteroatoms. The third-order valence-corrected chi connectivity index (χ3v) is 3.80. The van der Waals surface area contributed by atoms with Gasteiger partial charge in [-0.25, -0.2) is 0 Å². The van der Waals surface area contributed by atoms with Crippen molar-refractivity contribution in [3.63, 3.8) is 0 Å². The number of aliphatic carboxylic acids is 1. The molecule has 0 amide bonds. The summed E-state index contributed by atoms with van der Waals surface area (Å²) in [6.07, 6.45) is 26.3. The van der Waals surface area contributed by atoms with E-state index < -0.39 is 12.1 Å². The fourth-order valence-electron chi connectivity index (χ4n) is 2.30. The molecular weight excluding hydrogens is 312 g/mol. The Bertz CT molecular complexity index is 419. The van der Waals surface area contributed by atoms with Crippen LogP contribution in [0.3, 0.4) is 0 Å². The van der Waals surface area contributed by atoms with Crippen LogP contribution in [0.15, 0.2) is 48.6 Å². The van der Waals surface area contributed by atoms with Gasteiger partial charge in [0.1, 0.15) is 0 Å². The van der Waals surface area contributed by atoms with Gasteiger partial charge in [-0.2, -0.15) is 0 Å².